The first-order valence-electron chi connectivity index (χ1n) is 8.14. The normalized spacial score (nSPS) is 15.4. The molecule has 2 aromatic heterocycles. The van der Waals surface area contributed by atoms with E-state index in [1.807, 2.05) is 6.07 Å². The Balaban J connectivity index is 1.83. The second-order valence-electron chi connectivity index (χ2n) is 6.21. The Morgan fingerprint density at radius 1 is 1.29 bits per heavy atom. The third-order valence-electron chi connectivity index (χ3n) is 4.47. The Hall–Kier alpha value is -2.15. The van der Waals surface area contributed by atoms with Crippen molar-refractivity contribution in [3.8, 4) is 0 Å². The van der Waals surface area contributed by atoms with Crippen LogP contribution in [0.1, 0.15) is 62.4 Å². The van der Waals surface area contributed by atoms with Crippen LogP contribution < -0.4 is 5.32 Å². The van der Waals surface area contributed by atoms with E-state index < -0.39 is 12.0 Å². The number of hydrogen-bond donors (Lipinski definition) is 3. The zero-order valence-corrected chi connectivity index (χ0v) is 14.6. The number of thiophene rings is 1. The van der Waals surface area contributed by atoms with E-state index in [0.717, 1.165) is 25.7 Å². The molecule has 0 aromatic carbocycles. The lowest BCUT2D eigenvalue weighted by Crippen LogP contribution is -2.34. The number of aromatic amines is 1. The molecule has 0 radical (unpaired) electrons. The minimum atomic E-state index is -1.10. The quantitative estimate of drug-likeness (QED) is 0.741. The molecule has 24 heavy (non-hydrogen) atoms. The van der Waals surface area contributed by atoms with Crippen LogP contribution in [0, 0.1) is 13.8 Å². The summed E-state index contributed by atoms with van der Waals surface area (Å²) in [6.07, 6.45) is 5.54. The number of carbonyl (C=O) groups is 2. The van der Waals surface area contributed by atoms with Crippen molar-refractivity contribution in [2.75, 3.05) is 0 Å². The summed E-state index contributed by atoms with van der Waals surface area (Å²) in [6, 6.07) is 0.826. The van der Waals surface area contributed by atoms with E-state index >= 15 is 0 Å². The van der Waals surface area contributed by atoms with Gasteiger partial charge in [-0.05, 0) is 51.2 Å². The van der Waals surface area contributed by atoms with E-state index in [-0.39, 0.29) is 5.91 Å². The van der Waals surface area contributed by atoms with Gasteiger partial charge in [0.05, 0.1) is 10.6 Å². The lowest BCUT2D eigenvalue weighted by Gasteiger charge is -2.14. The molecule has 1 aliphatic rings. The monoisotopic (exact) mass is 347 g/mol. The number of H-pyrrole nitrogens is 1. The molecule has 6 nitrogen and oxygen atoms in total. The molecule has 1 amide bonds. The van der Waals surface area contributed by atoms with Gasteiger partial charge in [-0.1, -0.05) is 6.42 Å². The summed E-state index contributed by atoms with van der Waals surface area (Å²) in [6.45, 7) is 3.49. The van der Waals surface area contributed by atoms with Crippen molar-refractivity contribution in [2.24, 2.45) is 0 Å². The fourth-order valence-corrected chi connectivity index (χ4v) is 4.38. The number of hydrogen-bond acceptors (Lipinski definition) is 4. The van der Waals surface area contributed by atoms with Crippen molar-refractivity contribution in [1.29, 1.82) is 0 Å². The van der Waals surface area contributed by atoms with Gasteiger partial charge in [-0.2, -0.15) is 5.10 Å². The number of carbonyl (C=O) groups excluding carboxylic acids is 1. The van der Waals surface area contributed by atoms with Crippen LogP contribution in [-0.2, 0) is 17.6 Å². The number of aliphatic carboxylic acids is 1. The Bertz CT molecular complexity index is 735. The maximum Gasteiger partial charge on any atom is 0.331 e. The van der Waals surface area contributed by atoms with Gasteiger partial charge in [-0.15, -0.1) is 11.3 Å². The molecule has 128 valence electrons. The number of nitrogens with one attached hydrogen (secondary N) is 2. The average Bonchev–Trinajstić information content (AvgIpc) is 3.01. The number of fused-ring (bicyclic) bond motifs is 1. The molecule has 0 saturated carbocycles. The molecule has 7 heteroatoms. The second-order valence-corrected chi connectivity index (χ2v) is 7.35. The SMILES string of the molecule is Cc1n[nH]c(C)c1[C@@H](NC(=O)c1cc2c(s1)CCCCC2)C(=O)O. The summed E-state index contributed by atoms with van der Waals surface area (Å²) >= 11 is 1.49. The Kier molecular flexibility index (Phi) is 4.71. The summed E-state index contributed by atoms with van der Waals surface area (Å²) in [4.78, 5) is 26.1. The van der Waals surface area contributed by atoms with Gasteiger partial charge in [-0.3, -0.25) is 9.89 Å². The fraction of sp³-hybridized carbons (Fsp3) is 0.471. The van der Waals surface area contributed by atoms with Gasteiger partial charge in [0.25, 0.3) is 5.91 Å². The number of nitrogens with zero attached hydrogens (tertiary/aromatic N) is 1. The molecule has 0 fully saturated rings. The first-order valence-corrected chi connectivity index (χ1v) is 8.95. The topological polar surface area (TPSA) is 95.1 Å². The predicted molar refractivity (Wildman–Crippen MR) is 91.5 cm³/mol. The van der Waals surface area contributed by atoms with E-state index in [2.05, 4.69) is 15.5 Å². The molecule has 0 spiro atoms. The van der Waals surface area contributed by atoms with E-state index in [1.165, 1.54) is 28.2 Å². The number of aromatic nitrogens is 2. The Morgan fingerprint density at radius 3 is 2.71 bits per heavy atom. The van der Waals surface area contributed by atoms with Crippen LogP contribution in [0.4, 0.5) is 0 Å². The van der Waals surface area contributed by atoms with Crippen molar-refractivity contribution in [3.63, 3.8) is 0 Å². The molecule has 2 aromatic rings. The molecule has 0 bridgehead atoms. The average molecular weight is 347 g/mol. The van der Waals surface area contributed by atoms with Crippen molar-refractivity contribution in [3.05, 3.63) is 38.3 Å². The third kappa shape index (κ3) is 3.21. The molecule has 0 saturated heterocycles. The van der Waals surface area contributed by atoms with E-state index in [9.17, 15) is 14.7 Å². The molecule has 2 heterocycles. The molecular weight excluding hydrogens is 326 g/mol. The minimum absolute atomic E-state index is 0.333. The highest BCUT2D eigenvalue weighted by Gasteiger charge is 2.28. The van der Waals surface area contributed by atoms with Crippen LogP contribution in [0.25, 0.3) is 0 Å². The highest BCUT2D eigenvalue weighted by molar-refractivity contribution is 7.14. The zero-order valence-electron chi connectivity index (χ0n) is 13.8. The van der Waals surface area contributed by atoms with E-state index in [0.29, 0.717) is 21.8 Å². The van der Waals surface area contributed by atoms with Gasteiger partial charge >= 0.3 is 5.97 Å². The second kappa shape index (κ2) is 6.76. The summed E-state index contributed by atoms with van der Waals surface area (Å²) < 4.78 is 0. The van der Waals surface area contributed by atoms with Gasteiger partial charge < -0.3 is 10.4 Å². The van der Waals surface area contributed by atoms with Crippen LogP contribution in [0.3, 0.4) is 0 Å². The van der Waals surface area contributed by atoms with Crippen LogP contribution in [0.2, 0.25) is 0 Å². The number of aryl methyl sites for hydroxylation is 4. The zero-order chi connectivity index (χ0) is 17.3. The Morgan fingerprint density at radius 2 is 2.04 bits per heavy atom. The van der Waals surface area contributed by atoms with Crippen LogP contribution in [-0.4, -0.2) is 27.2 Å². The highest BCUT2D eigenvalue weighted by Crippen LogP contribution is 2.29. The minimum Gasteiger partial charge on any atom is -0.479 e. The molecule has 3 N–H and O–H groups in total. The summed E-state index contributed by atoms with van der Waals surface area (Å²) in [5, 5.41) is 19.0. The van der Waals surface area contributed by atoms with Crippen LogP contribution in [0.5, 0.6) is 0 Å². The smallest absolute Gasteiger partial charge is 0.331 e. The van der Waals surface area contributed by atoms with Crippen LogP contribution in [0.15, 0.2) is 6.07 Å². The van der Waals surface area contributed by atoms with Crippen molar-refractivity contribution >= 4 is 23.2 Å². The van der Waals surface area contributed by atoms with Gasteiger partial charge in [-0.25, -0.2) is 4.79 Å². The number of carboxylic acid groups (broad SMARTS) is 1. The summed E-state index contributed by atoms with van der Waals surface area (Å²) in [5.74, 6) is -1.42. The number of amides is 1. The van der Waals surface area contributed by atoms with Crippen molar-refractivity contribution in [2.45, 2.75) is 52.0 Å². The first-order chi connectivity index (χ1) is 11.5. The Labute approximate surface area is 144 Å². The first kappa shape index (κ1) is 16.7. The van der Waals surface area contributed by atoms with Gasteiger partial charge in [0, 0.05) is 16.1 Å². The molecule has 0 unspecified atom stereocenters. The maximum absolute atomic E-state index is 12.6. The summed E-state index contributed by atoms with van der Waals surface area (Å²) in [7, 11) is 0. The molecule has 3 rings (SSSR count). The lowest BCUT2D eigenvalue weighted by molar-refractivity contribution is -0.139. The standard InChI is InChI=1S/C17H21N3O3S/c1-9-14(10(2)20-19-9)15(17(22)23)18-16(21)13-8-11-6-4-3-5-7-12(11)24-13/h8,15H,3-7H2,1-2H3,(H,18,21)(H,19,20)(H,22,23)/t15-/m1/s1. The van der Waals surface area contributed by atoms with Gasteiger partial charge in [0.15, 0.2) is 6.04 Å². The third-order valence-corrected chi connectivity index (χ3v) is 5.70. The molecule has 0 aliphatic heterocycles. The lowest BCUT2D eigenvalue weighted by atomic mass is 10.0. The molecular formula is C17H21N3O3S. The number of rotatable bonds is 4. The van der Waals surface area contributed by atoms with Crippen molar-refractivity contribution < 1.29 is 14.7 Å². The van der Waals surface area contributed by atoms with Crippen molar-refractivity contribution in [1.82, 2.24) is 15.5 Å². The van der Waals surface area contributed by atoms with E-state index in [4.69, 9.17) is 0 Å². The predicted octanol–water partition coefficient (Wildman–Crippen LogP) is 2.91. The molecule has 1 aliphatic carbocycles. The van der Waals surface area contributed by atoms with Gasteiger partial charge in [0.1, 0.15) is 0 Å². The fourth-order valence-electron chi connectivity index (χ4n) is 3.22. The maximum atomic E-state index is 12.6. The van der Waals surface area contributed by atoms with E-state index in [1.54, 1.807) is 13.8 Å². The van der Waals surface area contributed by atoms with Crippen LogP contribution >= 0.6 is 11.3 Å². The largest absolute Gasteiger partial charge is 0.479 e. The molecule has 1 atom stereocenters. The van der Waals surface area contributed by atoms with Gasteiger partial charge in [0.2, 0.25) is 0 Å². The number of carboxylic acids is 1. The highest BCUT2D eigenvalue weighted by atomic mass is 32.1. The summed E-state index contributed by atoms with van der Waals surface area (Å²) in [5.41, 5.74) is 3.00.